The summed E-state index contributed by atoms with van der Waals surface area (Å²) >= 11 is 1.70. The van der Waals surface area contributed by atoms with E-state index in [1.807, 2.05) is 0 Å². The highest BCUT2D eigenvalue weighted by Gasteiger charge is 2.31. The number of nitrogens with one attached hydrogen (secondary N) is 2. The van der Waals surface area contributed by atoms with Crippen molar-refractivity contribution in [3.8, 4) is 0 Å². The Morgan fingerprint density at radius 1 is 1.04 bits per heavy atom. The molecule has 1 saturated carbocycles. The maximum absolute atomic E-state index is 12.3. The fourth-order valence-electron chi connectivity index (χ4n) is 3.43. The Morgan fingerprint density at radius 3 is 2.27 bits per heavy atom. The van der Waals surface area contributed by atoms with Crippen LogP contribution in [0.2, 0.25) is 0 Å². The van der Waals surface area contributed by atoms with Crippen molar-refractivity contribution in [3.05, 3.63) is 16.8 Å². The number of nitrogens with zero attached hydrogens (tertiary/aromatic N) is 3. The molecule has 0 radical (unpaired) electrons. The number of hydrogen-bond acceptors (Lipinski definition) is 6. The zero-order chi connectivity index (χ0) is 18.3. The van der Waals surface area contributed by atoms with E-state index in [0.29, 0.717) is 0 Å². The van der Waals surface area contributed by atoms with Crippen LogP contribution in [0.3, 0.4) is 0 Å². The standard InChI is InChI=1S/C18H23N5O2S/c1-10-11(2)26-18-14(10)15(19-9-20-18)23-7-5-13(6-8-23)17(25)22-21-16(24)12-3-4-12/h9,12-13H,3-8H2,1-2H3,(H,21,24)(H,22,25). The number of aryl methyl sites for hydroxylation is 2. The Bertz CT molecular complexity index is 853. The monoisotopic (exact) mass is 373 g/mol. The van der Waals surface area contributed by atoms with E-state index in [1.165, 1.54) is 10.4 Å². The summed E-state index contributed by atoms with van der Waals surface area (Å²) in [6, 6.07) is 0. The second kappa shape index (κ2) is 6.83. The predicted molar refractivity (Wildman–Crippen MR) is 101 cm³/mol. The molecule has 1 saturated heterocycles. The van der Waals surface area contributed by atoms with E-state index in [2.05, 4.69) is 39.6 Å². The first-order valence-corrected chi connectivity index (χ1v) is 9.91. The molecule has 0 bridgehead atoms. The van der Waals surface area contributed by atoms with Crippen LogP contribution < -0.4 is 15.8 Å². The van der Waals surface area contributed by atoms with Crippen LogP contribution in [0.15, 0.2) is 6.33 Å². The first kappa shape index (κ1) is 17.2. The minimum Gasteiger partial charge on any atom is -0.356 e. The number of thiophene rings is 1. The molecule has 0 aromatic carbocycles. The van der Waals surface area contributed by atoms with Crippen molar-refractivity contribution in [3.63, 3.8) is 0 Å². The lowest BCUT2D eigenvalue weighted by Gasteiger charge is -2.32. The van der Waals surface area contributed by atoms with Gasteiger partial charge in [0.25, 0.3) is 0 Å². The molecule has 0 unspecified atom stereocenters. The third kappa shape index (κ3) is 3.25. The minimum absolute atomic E-state index is 0.0672. The van der Waals surface area contributed by atoms with Crippen molar-refractivity contribution in [2.75, 3.05) is 18.0 Å². The molecule has 2 aliphatic rings. The molecule has 3 heterocycles. The number of fused-ring (bicyclic) bond motifs is 1. The summed E-state index contributed by atoms with van der Waals surface area (Å²) in [7, 11) is 0. The van der Waals surface area contributed by atoms with Crippen molar-refractivity contribution in [2.45, 2.75) is 39.5 Å². The van der Waals surface area contributed by atoms with Gasteiger partial charge in [0.2, 0.25) is 11.8 Å². The average Bonchev–Trinajstić information content (AvgIpc) is 3.46. The zero-order valence-corrected chi connectivity index (χ0v) is 15.9. The van der Waals surface area contributed by atoms with Gasteiger partial charge in [-0.3, -0.25) is 20.4 Å². The Morgan fingerprint density at radius 2 is 1.65 bits per heavy atom. The maximum Gasteiger partial charge on any atom is 0.241 e. The first-order valence-electron chi connectivity index (χ1n) is 9.10. The van der Waals surface area contributed by atoms with Crippen LogP contribution in [0.5, 0.6) is 0 Å². The summed E-state index contributed by atoms with van der Waals surface area (Å²) in [5.41, 5.74) is 6.38. The Hall–Kier alpha value is -2.22. The number of hydrogen-bond donors (Lipinski definition) is 2. The smallest absolute Gasteiger partial charge is 0.241 e. The largest absolute Gasteiger partial charge is 0.356 e. The lowest BCUT2D eigenvalue weighted by molar-refractivity contribution is -0.132. The van der Waals surface area contributed by atoms with E-state index in [1.54, 1.807) is 17.7 Å². The number of hydrazine groups is 1. The van der Waals surface area contributed by atoms with E-state index in [-0.39, 0.29) is 23.7 Å². The van der Waals surface area contributed by atoms with Crippen LogP contribution in [0.1, 0.15) is 36.1 Å². The van der Waals surface area contributed by atoms with Crippen LogP contribution in [0, 0.1) is 25.7 Å². The molecule has 0 spiro atoms. The highest BCUT2D eigenvalue weighted by atomic mass is 32.1. The SMILES string of the molecule is Cc1sc2ncnc(N3CCC(C(=O)NNC(=O)C4CC4)CC3)c2c1C. The van der Waals surface area contributed by atoms with E-state index in [0.717, 1.165) is 54.8 Å². The summed E-state index contributed by atoms with van der Waals surface area (Å²) in [4.78, 5) is 37.4. The maximum atomic E-state index is 12.3. The molecule has 1 aliphatic carbocycles. The lowest BCUT2D eigenvalue weighted by Crippen LogP contribution is -2.48. The van der Waals surface area contributed by atoms with Crippen molar-refractivity contribution in [2.24, 2.45) is 11.8 Å². The predicted octanol–water partition coefficient (Wildman–Crippen LogP) is 2.08. The fourth-order valence-corrected chi connectivity index (χ4v) is 4.42. The average molecular weight is 373 g/mol. The van der Waals surface area contributed by atoms with Crippen LogP contribution in [0.25, 0.3) is 10.2 Å². The second-order valence-corrected chi connectivity index (χ2v) is 8.38. The van der Waals surface area contributed by atoms with E-state index < -0.39 is 0 Å². The van der Waals surface area contributed by atoms with E-state index >= 15 is 0 Å². The van der Waals surface area contributed by atoms with Gasteiger partial charge in [0.1, 0.15) is 17.0 Å². The topological polar surface area (TPSA) is 87.2 Å². The van der Waals surface area contributed by atoms with Gasteiger partial charge in [0.15, 0.2) is 0 Å². The van der Waals surface area contributed by atoms with Crippen molar-refractivity contribution < 1.29 is 9.59 Å². The molecular weight excluding hydrogens is 350 g/mol. The number of carbonyl (C=O) groups excluding carboxylic acids is 2. The number of carbonyl (C=O) groups is 2. The minimum atomic E-state index is -0.0888. The number of piperidine rings is 1. The molecule has 138 valence electrons. The van der Waals surface area contributed by atoms with Gasteiger partial charge in [-0.15, -0.1) is 11.3 Å². The third-order valence-corrected chi connectivity index (χ3v) is 6.48. The van der Waals surface area contributed by atoms with Gasteiger partial charge in [0, 0.05) is 29.8 Å². The zero-order valence-electron chi connectivity index (χ0n) is 15.0. The van der Waals surface area contributed by atoms with Crippen molar-refractivity contribution >= 4 is 39.2 Å². The van der Waals surface area contributed by atoms with Gasteiger partial charge in [-0.05, 0) is 45.1 Å². The van der Waals surface area contributed by atoms with Crippen LogP contribution >= 0.6 is 11.3 Å². The lowest BCUT2D eigenvalue weighted by atomic mass is 9.96. The summed E-state index contributed by atoms with van der Waals surface area (Å²) in [5.74, 6) is 0.831. The third-order valence-electron chi connectivity index (χ3n) is 5.37. The molecule has 2 N–H and O–H groups in total. The van der Waals surface area contributed by atoms with Crippen LogP contribution in [-0.4, -0.2) is 34.9 Å². The molecule has 0 atom stereocenters. The number of amides is 2. The van der Waals surface area contributed by atoms with Gasteiger partial charge in [-0.1, -0.05) is 0 Å². The number of anilines is 1. The Balaban J connectivity index is 1.39. The highest BCUT2D eigenvalue weighted by Crippen LogP contribution is 2.35. The second-order valence-electron chi connectivity index (χ2n) is 7.17. The summed E-state index contributed by atoms with van der Waals surface area (Å²) in [5, 5.41) is 1.13. The Labute approximate surface area is 156 Å². The molecule has 4 rings (SSSR count). The molecule has 1 aliphatic heterocycles. The van der Waals surface area contributed by atoms with Gasteiger partial charge >= 0.3 is 0 Å². The quantitative estimate of drug-likeness (QED) is 0.805. The highest BCUT2D eigenvalue weighted by molar-refractivity contribution is 7.18. The molecular formula is C18H23N5O2S. The molecule has 26 heavy (non-hydrogen) atoms. The summed E-state index contributed by atoms with van der Waals surface area (Å²) < 4.78 is 0. The molecule has 8 heteroatoms. The molecule has 7 nitrogen and oxygen atoms in total. The first-order chi connectivity index (χ1) is 12.5. The molecule has 2 aromatic rings. The fraction of sp³-hybridized carbons (Fsp3) is 0.556. The van der Waals surface area contributed by atoms with Crippen molar-refractivity contribution in [1.82, 2.24) is 20.8 Å². The van der Waals surface area contributed by atoms with Crippen molar-refractivity contribution in [1.29, 1.82) is 0 Å². The Kier molecular flexibility index (Phi) is 4.52. The van der Waals surface area contributed by atoms with Crippen LogP contribution in [-0.2, 0) is 9.59 Å². The number of aromatic nitrogens is 2. The van der Waals surface area contributed by atoms with Crippen LogP contribution in [0.4, 0.5) is 5.82 Å². The van der Waals surface area contributed by atoms with Gasteiger partial charge < -0.3 is 4.90 Å². The number of rotatable bonds is 3. The summed E-state index contributed by atoms with van der Waals surface area (Å²) in [6.07, 6.45) is 4.97. The normalized spacial score (nSPS) is 18.2. The van der Waals surface area contributed by atoms with E-state index in [4.69, 9.17) is 0 Å². The van der Waals surface area contributed by atoms with Gasteiger partial charge in [-0.25, -0.2) is 9.97 Å². The molecule has 2 fully saturated rings. The molecule has 2 amide bonds. The van der Waals surface area contributed by atoms with Gasteiger partial charge in [0.05, 0.1) is 5.39 Å². The van der Waals surface area contributed by atoms with E-state index in [9.17, 15) is 9.59 Å². The van der Waals surface area contributed by atoms with Gasteiger partial charge in [-0.2, -0.15) is 0 Å². The summed E-state index contributed by atoms with van der Waals surface area (Å²) in [6.45, 7) is 5.77. The molecule has 2 aromatic heterocycles.